The minimum atomic E-state index is 0.687. The molecule has 22 heavy (non-hydrogen) atoms. The molecule has 0 amide bonds. The Morgan fingerprint density at radius 2 is 1.82 bits per heavy atom. The molecular formula is C19H20ClNO. The Bertz CT molecular complexity index is 633. The molecule has 0 saturated carbocycles. The Labute approximate surface area is 136 Å². The highest BCUT2D eigenvalue weighted by Gasteiger charge is 2.21. The first-order chi connectivity index (χ1) is 10.8. The number of benzene rings is 2. The van der Waals surface area contributed by atoms with E-state index in [0.717, 1.165) is 55.8 Å². The fourth-order valence-corrected chi connectivity index (χ4v) is 3.38. The van der Waals surface area contributed by atoms with Gasteiger partial charge in [-0.15, -0.1) is 0 Å². The predicted molar refractivity (Wildman–Crippen MR) is 91.9 cm³/mol. The van der Waals surface area contributed by atoms with Gasteiger partial charge in [0.15, 0.2) is 6.29 Å². The summed E-state index contributed by atoms with van der Waals surface area (Å²) in [4.78, 5) is 13.5. The summed E-state index contributed by atoms with van der Waals surface area (Å²) in [5.74, 6) is 0.720. The zero-order chi connectivity index (χ0) is 15.4. The van der Waals surface area contributed by atoms with Crippen LogP contribution < -0.4 is 4.90 Å². The Balaban J connectivity index is 1.64. The molecule has 1 saturated heterocycles. The van der Waals surface area contributed by atoms with Crippen LogP contribution in [0.25, 0.3) is 0 Å². The number of anilines is 1. The average molecular weight is 314 g/mol. The molecule has 0 bridgehead atoms. The lowest BCUT2D eigenvalue weighted by Crippen LogP contribution is -2.34. The standard InChI is InChI=1S/C19H20ClNO/c20-18-7-6-17(14-22)19(13-18)21-10-8-16(9-11-21)12-15-4-2-1-3-5-15/h1-7,13-14,16H,8-12H2. The van der Waals surface area contributed by atoms with Gasteiger partial charge in [-0.3, -0.25) is 4.79 Å². The van der Waals surface area contributed by atoms with Gasteiger partial charge in [0.2, 0.25) is 0 Å². The predicted octanol–water partition coefficient (Wildman–Crippen LogP) is 4.61. The van der Waals surface area contributed by atoms with E-state index in [0.29, 0.717) is 5.02 Å². The van der Waals surface area contributed by atoms with Crippen LogP contribution in [0.1, 0.15) is 28.8 Å². The minimum Gasteiger partial charge on any atom is -0.371 e. The third kappa shape index (κ3) is 3.50. The number of rotatable bonds is 4. The second-order valence-corrected chi connectivity index (χ2v) is 6.38. The maximum absolute atomic E-state index is 11.2. The highest BCUT2D eigenvalue weighted by atomic mass is 35.5. The van der Waals surface area contributed by atoms with Gasteiger partial charge >= 0.3 is 0 Å². The Morgan fingerprint density at radius 3 is 2.50 bits per heavy atom. The van der Waals surface area contributed by atoms with Crippen LogP contribution in [0.4, 0.5) is 5.69 Å². The first-order valence-electron chi connectivity index (χ1n) is 7.80. The lowest BCUT2D eigenvalue weighted by molar-refractivity contribution is 0.112. The number of piperidine rings is 1. The van der Waals surface area contributed by atoms with Gasteiger partial charge in [0.25, 0.3) is 0 Å². The number of halogens is 1. The van der Waals surface area contributed by atoms with Gasteiger partial charge in [0, 0.05) is 29.4 Å². The van der Waals surface area contributed by atoms with E-state index in [9.17, 15) is 4.79 Å². The van der Waals surface area contributed by atoms with Crippen LogP contribution in [0.5, 0.6) is 0 Å². The molecule has 2 aromatic carbocycles. The second kappa shape index (κ2) is 6.97. The molecular weight excluding hydrogens is 294 g/mol. The summed E-state index contributed by atoms with van der Waals surface area (Å²) in [6.45, 7) is 1.97. The maximum atomic E-state index is 11.2. The zero-order valence-corrected chi connectivity index (χ0v) is 13.3. The fraction of sp³-hybridized carbons (Fsp3) is 0.316. The van der Waals surface area contributed by atoms with Crippen molar-refractivity contribution in [2.24, 2.45) is 5.92 Å². The van der Waals surface area contributed by atoms with Crippen LogP contribution in [0, 0.1) is 5.92 Å². The largest absolute Gasteiger partial charge is 0.371 e. The van der Waals surface area contributed by atoms with Crippen LogP contribution in [-0.4, -0.2) is 19.4 Å². The highest BCUT2D eigenvalue weighted by molar-refractivity contribution is 6.31. The van der Waals surface area contributed by atoms with Gasteiger partial charge in [-0.2, -0.15) is 0 Å². The lowest BCUT2D eigenvalue weighted by Gasteiger charge is -2.34. The van der Waals surface area contributed by atoms with Gasteiger partial charge in [-0.1, -0.05) is 41.9 Å². The molecule has 2 aromatic rings. The average Bonchev–Trinajstić information content (AvgIpc) is 2.56. The molecule has 1 aliphatic rings. The molecule has 114 valence electrons. The van der Waals surface area contributed by atoms with Crippen molar-refractivity contribution < 1.29 is 4.79 Å². The normalized spacial score (nSPS) is 15.8. The Kier molecular flexibility index (Phi) is 4.79. The van der Waals surface area contributed by atoms with Crippen molar-refractivity contribution in [2.45, 2.75) is 19.3 Å². The molecule has 3 heteroatoms. The molecule has 0 radical (unpaired) electrons. The molecule has 0 N–H and O–H groups in total. The molecule has 0 spiro atoms. The third-order valence-corrected chi connectivity index (χ3v) is 4.68. The van der Waals surface area contributed by atoms with E-state index in [1.165, 1.54) is 5.56 Å². The lowest BCUT2D eigenvalue weighted by atomic mass is 9.90. The van der Waals surface area contributed by atoms with Crippen molar-refractivity contribution >= 4 is 23.6 Å². The summed E-state index contributed by atoms with van der Waals surface area (Å²) in [6.07, 6.45) is 4.37. The quantitative estimate of drug-likeness (QED) is 0.768. The molecule has 2 nitrogen and oxygen atoms in total. The van der Waals surface area contributed by atoms with Gasteiger partial charge in [-0.25, -0.2) is 0 Å². The van der Waals surface area contributed by atoms with E-state index < -0.39 is 0 Å². The summed E-state index contributed by atoms with van der Waals surface area (Å²) in [7, 11) is 0. The molecule has 3 rings (SSSR count). The van der Waals surface area contributed by atoms with Crippen molar-refractivity contribution in [1.29, 1.82) is 0 Å². The minimum absolute atomic E-state index is 0.687. The topological polar surface area (TPSA) is 20.3 Å². The number of aldehydes is 1. The van der Waals surface area contributed by atoms with Crippen molar-refractivity contribution in [3.05, 3.63) is 64.7 Å². The van der Waals surface area contributed by atoms with Crippen molar-refractivity contribution in [1.82, 2.24) is 0 Å². The number of carbonyl (C=O) groups excluding carboxylic acids is 1. The zero-order valence-electron chi connectivity index (χ0n) is 12.5. The molecule has 0 unspecified atom stereocenters. The van der Waals surface area contributed by atoms with E-state index in [1.54, 1.807) is 12.1 Å². The summed E-state index contributed by atoms with van der Waals surface area (Å²) in [6, 6.07) is 16.2. The first kappa shape index (κ1) is 15.1. The van der Waals surface area contributed by atoms with Crippen LogP contribution in [0.3, 0.4) is 0 Å². The number of nitrogens with zero attached hydrogens (tertiary/aromatic N) is 1. The molecule has 1 heterocycles. The summed E-state index contributed by atoms with van der Waals surface area (Å²) in [5.41, 5.74) is 3.11. The Morgan fingerprint density at radius 1 is 1.09 bits per heavy atom. The van der Waals surface area contributed by atoms with E-state index in [2.05, 4.69) is 35.2 Å². The number of hydrogen-bond acceptors (Lipinski definition) is 2. The SMILES string of the molecule is O=Cc1ccc(Cl)cc1N1CCC(Cc2ccccc2)CC1. The summed E-state index contributed by atoms with van der Waals surface area (Å²) < 4.78 is 0. The van der Waals surface area contributed by atoms with Crippen molar-refractivity contribution in [2.75, 3.05) is 18.0 Å². The highest BCUT2D eigenvalue weighted by Crippen LogP contribution is 2.29. The van der Waals surface area contributed by atoms with Crippen LogP contribution >= 0.6 is 11.6 Å². The van der Waals surface area contributed by atoms with E-state index in [4.69, 9.17) is 11.6 Å². The molecule has 0 aromatic heterocycles. The smallest absolute Gasteiger partial charge is 0.152 e. The van der Waals surface area contributed by atoms with Crippen LogP contribution in [-0.2, 0) is 6.42 Å². The van der Waals surface area contributed by atoms with E-state index in [-0.39, 0.29) is 0 Å². The van der Waals surface area contributed by atoms with E-state index >= 15 is 0 Å². The van der Waals surface area contributed by atoms with Gasteiger partial charge in [0.1, 0.15) is 0 Å². The van der Waals surface area contributed by atoms with Crippen LogP contribution in [0.15, 0.2) is 48.5 Å². The summed E-state index contributed by atoms with van der Waals surface area (Å²) in [5, 5.41) is 0.687. The van der Waals surface area contributed by atoms with Gasteiger partial charge < -0.3 is 4.90 Å². The second-order valence-electron chi connectivity index (χ2n) is 5.94. The summed E-state index contributed by atoms with van der Waals surface area (Å²) >= 11 is 6.09. The monoisotopic (exact) mass is 313 g/mol. The van der Waals surface area contributed by atoms with Crippen molar-refractivity contribution in [3.8, 4) is 0 Å². The van der Waals surface area contributed by atoms with E-state index in [1.807, 2.05) is 6.07 Å². The number of carbonyl (C=O) groups is 1. The molecule has 1 fully saturated rings. The van der Waals surface area contributed by atoms with Crippen molar-refractivity contribution in [3.63, 3.8) is 0 Å². The first-order valence-corrected chi connectivity index (χ1v) is 8.17. The van der Waals surface area contributed by atoms with Gasteiger partial charge in [-0.05, 0) is 48.9 Å². The third-order valence-electron chi connectivity index (χ3n) is 4.44. The molecule has 1 aliphatic heterocycles. The van der Waals surface area contributed by atoms with Gasteiger partial charge in [0.05, 0.1) is 0 Å². The maximum Gasteiger partial charge on any atom is 0.152 e. The number of hydrogen-bond donors (Lipinski definition) is 0. The molecule has 0 atom stereocenters. The Hall–Kier alpha value is -1.80. The fourth-order valence-electron chi connectivity index (χ4n) is 3.22. The molecule has 0 aliphatic carbocycles. The van der Waals surface area contributed by atoms with Crippen LogP contribution in [0.2, 0.25) is 5.02 Å².